The summed E-state index contributed by atoms with van der Waals surface area (Å²) < 4.78 is 5.24. The highest BCUT2D eigenvalue weighted by Crippen LogP contribution is 2.34. The molecule has 0 bridgehead atoms. The topological polar surface area (TPSA) is 79.5 Å². The highest BCUT2D eigenvalue weighted by Gasteiger charge is 2.46. The third-order valence-corrected chi connectivity index (χ3v) is 3.98. The van der Waals surface area contributed by atoms with Crippen molar-refractivity contribution in [3.8, 4) is 0 Å². The van der Waals surface area contributed by atoms with E-state index in [0.29, 0.717) is 12.2 Å². The summed E-state index contributed by atoms with van der Waals surface area (Å²) in [5.41, 5.74) is -1.17. The highest BCUT2D eigenvalue weighted by atomic mass is 16.4. The zero-order valence-electron chi connectivity index (χ0n) is 11.2. The molecule has 1 aliphatic carbocycles. The fourth-order valence-corrected chi connectivity index (χ4v) is 2.72. The van der Waals surface area contributed by atoms with Gasteiger partial charge in [0.25, 0.3) is 5.91 Å². The Morgan fingerprint density at radius 1 is 1.42 bits per heavy atom. The molecule has 2 N–H and O–H groups in total. The summed E-state index contributed by atoms with van der Waals surface area (Å²) in [6, 6.07) is 3.25. The number of hydrogen-bond donors (Lipinski definition) is 2. The normalized spacial score (nSPS) is 26.9. The van der Waals surface area contributed by atoms with Crippen LogP contribution >= 0.6 is 0 Å². The average Bonchev–Trinajstić information content (AvgIpc) is 2.78. The Hall–Kier alpha value is -1.78. The average molecular weight is 265 g/mol. The molecule has 1 amide bonds. The maximum atomic E-state index is 12.1. The van der Waals surface area contributed by atoms with Crippen LogP contribution in [-0.2, 0) is 4.79 Å². The fourth-order valence-electron chi connectivity index (χ4n) is 2.72. The lowest BCUT2D eigenvalue weighted by atomic mass is 9.73. The smallest absolute Gasteiger partial charge is 0.329 e. The number of carbonyl (C=O) groups is 2. The van der Waals surface area contributed by atoms with Crippen LogP contribution in [0.1, 0.15) is 48.9 Å². The predicted octanol–water partition coefficient (Wildman–Crippen LogP) is 2.35. The van der Waals surface area contributed by atoms with Gasteiger partial charge in [0.1, 0.15) is 11.3 Å². The van der Waals surface area contributed by atoms with E-state index in [9.17, 15) is 14.7 Å². The lowest BCUT2D eigenvalue weighted by Crippen LogP contribution is -2.59. The van der Waals surface area contributed by atoms with Crippen LogP contribution in [-0.4, -0.2) is 22.5 Å². The van der Waals surface area contributed by atoms with Gasteiger partial charge in [-0.3, -0.25) is 4.79 Å². The molecule has 0 spiro atoms. The number of furan rings is 1. The first-order chi connectivity index (χ1) is 8.95. The Bertz CT molecular complexity index is 493. The van der Waals surface area contributed by atoms with Gasteiger partial charge in [-0.1, -0.05) is 19.8 Å². The molecule has 0 aliphatic heterocycles. The minimum Gasteiger partial charge on any atom is -0.479 e. The van der Waals surface area contributed by atoms with E-state index in [-0.39, 0.29) is 11.7 Å². The maximum absolute atomic E-state index is 12.1. The van der Waals surface area contributed by atoms with Gasteiger partial charge in [-0.15, -0.1) is 0 Å². The molecule has 19 heavy (non-hydrogen) atoms. The van der Waals surface area contributed by atoms with Crippen LogP contribution in [0.25, 0.3) is 0 Å². The molecular weight excluding hydrogens is 246 g/mol. The largest absolute Gasteiger partial charge is 0.479 e. The lowest BCUT2D eigenvalue weighted by Gasteiger charge is -2.39. The van der Waals surface area contributed by atoms with Crippen LogP contribution in [0.2, 0.25) is 0 Å². The first-order valence-corrected chi connectivity index (χ1v) is 6.58. The van der Waals surface area contributed by atoms with Crippen molar-refractivity contribution in [2.45, 2.75) is 45.1 Å². The number of amides is 1. The summed E-state index contributed by atoms with van der Waals surface area (Å²) in [6.07, 6.45) is 3.10. The van der Waals surface area contributed by atoms with Gasteiger partial charge in [0.05, 0.1) is 0 Å². The van der Waals surface area contributed by atoms with Gasteiger partial charge < -0.3 is 14.8 Å². The Morgan fingerprint density at radius 3 is 2.68 bits per heavy atom. The summed E-state index contributed by atoms with van der Waals surface area (Å²) in [5.74, 6) is -0.707. The van der Waals surface area contributed by atoms with Gasteiger partial charge >= 0.3 is 5.97 Å². The number of rotatable bonds is 3. The monoisotopic (exact) mass is 265 g/mol. The predicted molar refractivity (Wildman–Crippen MR) is 68.9 cm³/mol. The van der Waals surface area contributed by atoms with E-state index in [1.807, 2.05) is 6.92 Å². The van der Waals surface area contributed by atoms with Gasteiger partial charge in [-0.25, -0.2) is 4.79 Å². The molecular formula is C14H19NO4. The van der Waals surface area contributed by atoms with E-state index in [0.717, 1.165) is 19.3 Å². The molecule has 104 valence electrons. The summed E-state index contributed by atoms with van der Waals surface area (Å²) in [4.78, 5) is 23.7. The minimum absolute atomic E-state index is 0.0845. The first kappa shape index (κ1) is 13.6. The molecule has 5 nitrogen and oxygen atoms in total. The number of carbonyl (C=O) groups excluding carboxylic acids is 1. The second-order valence-corrected chi connectivity index (χ2v) is 5.29. The van der Waals surface area contributed by atoms with Crippen molar-refractivity contribution >= 4 is 11.9 Å². The molecule has 2 atom stereocenters. The molecule has 0 saturated heterocycles. The fraction of sp³-hybridized carbons (Fsp3) is 0.571. The van der Waals surface area contributed by atoms with Crippen LogP contribution in [0, 0.1) is 12.8 Å². The van der Waals surface area contributed by atoms with E-state index in [4.69, 9.17) is 4.42 Å². The van der Waals surface area contributed by atoms with E-state index in [1.165, 1.54) is 0 Å². The minimum atomic E-state index is -1.17. The Kier molecular flexibility index (Phi) is 3.64. The molecule has 0 aromatic carbocycles. The van der Waals surface area contributed by atoms with E-state index >= 15 is 0 Å². The molecule has 5 heteroatoms. The maximum Gasteiger partial charge on any atom is 0.329 e. The number of hydrogen-bond acceptors (Lipinski definition) is 3. The van der Waals surface area contributed by atoms with Gasteiger partial charge in [0.15, 0.2) is 5.76 Å². The summed E-state index contributed by atoms with van der Waals surface area (Å²) in [5, 5.41) is 12.2. The van der Waals surface area contributed by atoms with Gasteiger partial charge in [-0.05, 0) is 37.8 Å². The van der Waals surface area contributed by atoms with E-state index in [2.05, 4.69) is 5.32 Å². The SMILES string of the molecule is Cc1ccc(C(=O)NC2(C(=O)O)CCCCC2C)o1. The van der Waals surface area contributed by atoms with Crippen molar-refractivity contribution in [1.29, 1.82) is 0 Å². The van der Waals surface area contributed by atoms with Crippen LogP contribution in [0.4, 0.5) is 0 Å². The van der Waals surface area contributed by atoms with Crippen LogP contribution in [0.5, 0.6) is 0 Å². The Balaban J connectivity index is 2.21. The van der Waals surface area contributed by atoms with Crippen LogP contribution in [0.3, 0.4) is 0 Å². The molecule has 2 unspecified atom stereocenters. The molecule has 1 aromatic rings. The molecule has 1 aromatic heterocycles. The van der Waals surface area contributed by atoms with Crippen molar-refractivity contribution in [1.82, 2.24) is 5.32 Å². The van der Waals surface area contributed by atoms with Crippen LogP contribution in [0.15, 0.2) is 16.5 Å². The number of aryl methyl sites for hydroxylation is 1. The van der Waals surface area contributed by atoms with E-state index in [1.54, 1.807) is 19.1 Å². The number of carboxylic acid groups (broad SMARTS) is 1. The van der Waals surface area contributed by atoms with Crippen LogP contribution < -0.4 is 5.32 Å². The van der Waals surface area contributed by atoms with Gasteiger partial charge in [0.2, 0.25) is 0 Å². The lowest BCUT2D eigenvalue weighted by molar-refractivity contribution is -0.148. The van der Waals surface area contributed by atoms with Crippen molar-refractivity contribution in [2.24, 2.45) is 5.92 Å². The van der Waals surface area contributed by atoms with Gasteiger partial charge in [-0.2, -0.15) is 0 Å². The standard InChI is InChI=1S/C14H19NO4/c1-9-5-3-4-8-14(9,13(17)18)15-12(16)11-7-6-10(2)19-11/h6-7,9H,3-5,8H2,1-2H3,(H,15,16)(H,17,18). The number of nitrogens with one attached hydrogen (secondary N) is 1. The third kappa shape index (κ3) is 2.50. The first-order valence-electron chi connectivity index (χ1n) is 6.58. The molecule has 1 saturated carbocycles. The highest BCUT2D eigenvalue weighted by molar-refractivity contribution is 5.96. The molecule has 1 fully saturated rings. The van der Waals surface area contributed by atoms with Crippen molar-refractivity contribution in [3.05, 3.63) is 23.7 Å². The molecule has 1 aliphatic rings. The van der Waals surface area contributed by atoms with Crippen molar-refractivity contribution < 1.29 is 19.1 Å². The quantitative estimate of drug-likeness (QED) is 0.879. The molecule has 0 radical (unpaired) electrons. The zero-order chi connectivity index (χ0) is 14.0. The summed E-state index contributed by atoms with van der Waals surface area (Å²) in [7, 11) is 0. The second-order valence-electron chi connectivity index (χ2n) is 5.29. The molecule has 1 heterocycles. The summed E-state index contributed by atoms with van der Waals surface area (Å²) >= 11 is 0. The number of aliphatic carboxylic acids is 1. The van der Waals surface area contributed by atoms with Gasteiger partial charge in [0, 0.05) is 0 Å². The van der Waals surface area contributed by atoms with E-state index < -0.39 is 17.4 Å². The second kappa shape index (κ2) is 5.07. The van der Waals surface area contributed by atoms with Crippen molar-refractivity contribution in [3.63, 3.8) is 0 Å². The Morgan fingerprint density at radius 2 is 2.16 bits per heavy atom. The Labute approximate surface area is 112 Å². The zero-order valence-corrected chi connectivity index (χ0v) is 11.2. The summed E-state index contributed by atoms with van der Waals surface area (Å²) in [6.45, 7) is 3.62. The third-order valence-electron chi connectivity index (χ3n) is 3.98. The van der Waals surface area contributed by atoms with Crippen molar-refractivity contribution in [2.75, 3.05) is 0 Å². The molecule has 2 rings (SSSR count). The number of carboxylic acids is 1.